The topological polar surface area (TPSA) is 43.4 Å². The van der Waals surface area contributed by atoms with Crippen LogP contribution in [0.4, 0.5) is 0 Å². The van der Waals surface area contributed by atoms with E-state index >= 15 is 0 Å². The minimum Gasteiger partial charge on any atom is -0.385 e. The first-order valence-electron chi connectivity index (χ1n) is 6.36. The van der Waals surface area contributed by atoms with E-state index in [1.807, 2.05) is 0 Å². The lowest BCUT2D eigenvalue weighted by atomic mass is 10.3. The molecule has 0 fully saturated rings. The molecular formula is C13H24N2O2S. The van der Waals surface area contributed by atoms with Gasteiger partial charge in [0.25, 0.3) is 0 Å². The normalized spacial score (nSPS) is 11.4. The third-order valence-electron chi connectivity index (χ3n) is 2.51. The van der Waals surface area contributed by atoms with Gasteiger partial charge in [0.2, 0.25) is 0 Å². The van der Waals surface area contributed by atoms with Crippen molar-refractivity contribution >= 4 is 11.3 Å². The zero-order valence-corrected chi connectivity index (χ0v) is 12.6. The van der Waals surface area contributed by atoms with Gasteiger partial charge >= 0.3 is 0 Å². The molecule has 0 aromatic carbocycles. The Morgan fingerprint density at radius 1 is 1.28 bits per heavy atom. The van der Waals surface area contributed by atoms with Crippen molar-refractivity contribution in [3.8, 4) is 0 Å². The average molecular weight is 272 g/mol. The maximum Gasteiger partial charge on any atom is 0.0933 e. The number of rotatable bonds is 9. The van der Waals surface area contributed by atoms with Gasteiger partial charge < -0.3 is 14.8 Å². The van der Waals surface area contributed by atoms with E-state index in [2.05, 4.69) is 24.1 Å². The van der Waals surface area contributed by atoms with E-state index in [1.165, 1.54) is 9.88 Å². The summed E-state index contributed by atoms with van der Waals surface area (Å²) in [5.74, 6) is 0. The number of hydrogen-bond acceptors (Lipinski definition) is 5. The Kier molecular flexibility index (Phi) is 7.42. The molecule has 0 spiro atoms. The van der Waals surface area contributed by atoms with Crippen LogP contribution >= 0.6 is 11.3 Å². The van der Waals surface area contributed by atoms with Gasteiger partial charge in [-0.05, 0) is 6.42 Å². The minimum absolute atomic E-state index is 0.486. The number of ether oxygens (including phenoxy) is 2. The van der Waals surface area contributed by atoms with E-state index in [0.29, 0.717) is 12.6 Å². The summed E-state index contributed by atoms with van der Waals surface area (Å²) in [5.41, 5.74) is 1.07. The van der Waals surface area contributed by atoms with Gasteiger partial charge in [-0.15, -0.1) is 11.3 Å². The summed E-state index contributed by atoms with van der Waals surface area (Å²) >= 11 is 1.78. The van der Waals surface area contributed by atoms with E-state index in [4.69, 9.17) is 9.47 Å². The quantitative estimate of drug-likeness (QED) is 0.701. The molecule has 1 aromatic heterocycles. The van der Waals surface area contributed by atoms with Gasteiger partial charge in [0.15, 0.2) is 0 Å². The molecule has 0 aliphatic rings. The summed E-state index contributed by atoms with van der Waals surface area (Å²) in [7, 11) is 3.44. The van der Waals surface area contributed by atoms with Gasteiger partial charge in [-0.1, -0.05) is 13.8 Å². The monoisotopic (exact) mass is 272 g/mol. The number of methoxy groups -OCH3 is 2. The highest BCUT2D eigenvalue weighted by Gasteiger charge is 2.11. The highest BCUT2D eigenvalue weighted by molar-refractivity contribution is 7.11. The minimum atomic E-state index is 0.486. The van der Waals surface area contributed by atoms with Crippen molar-refractivity contribution in [3.63, 3.8) is 0 Å². The van der Waals surface area contributed by atoms with Crippen LogP contribution < -0.4 is 5.32 Å². The average Bonchev–Trinajstić information content (AvgIpc) is 2.70. The van der Waals surface area contributed by atoms with Crippen LogP contribution in [0.1, 0.15) is 35.8 Å². The van der Waals surface area contributed by atoms with Crippen molar-refractivity contribution < 1.29 is 9.47 Å². The fourth-order valence-electron chi connectivity index (χ4n) is 1.60. The lowest BCUT2D eigenvalue weighted by Crippen LogP contribution is -2.21. The highest BCUT2D eigenvalue weighted by Crippen LogP contribution is 2.21. The van der Waals surface area contributed by atoms with Crippen LogP contribution in [0.15, 0.2) is 0 Å². The molecule has 18 heavy (non-hydrogen) atoms. The summed E-state index contributed by atoms with van der Waals surface area (Å²) in [4.78, 5) is 5.94. The number of hydrogen-bond donors (Lipinski definition) is 1. The molecule has 0 unspecified atom stereocenters. The summed E-state index contributed by atoms with van der Waals surface area (Å²) in [6, 6.07) is 0.486. The molecule has 0 saturated carbocycles. The second kappa shape index (κ2) is 8.58. The fraction of sp³-hybridized carbons (Fsp3) is 0.769. The molecule has 104 valence electrons. The maximum atomic E-state index is 5.21. The third kappa shape index (κ3) is 5.44. The van der Waals surface area contributed by atoms with E-state index < -0.39 is 0 Å². The predicted molar refractivity (Wildman–Crippen MR) is 75.0 cm³/mol. The van der Waals surface area contributed by atoms with Crippen LogP contribution in [0.25, 0.3) is 0 Å². The predicted octanol–water partition coefficient (Wildman–Crippen LogP) is 2.37. The van der Waals surface area contributed by atoms with Gasteiger partial charge in [-0.25, -0.2) is 4.98 Å². The van der Waals surface area contributed by atoms with E-state index in [0.717, 1.165) is 31.7 Å². The van der Waals surface area contributed by atoms with Gasteiger partial charge in [0, 0.05) is 44.7 Å². The van der Waals surface area contributed by atoms with Gasteiger partial charge in [-0.3, -0.25) is 0 Å². The molecule has 4 nitrogen and oxygen atoms in total. The van der Waals surface area contributed by atoms with Crippen molar-refractivity contribution in [1.82, 2.24) is 10.3 Å². The number of nitrogens with zero attached hydrogens (tertiary/aromatic N) is 1. The molecule has 1 heterocycles. The molecule has 0 aliphatic carbocycles. The van der Waals surface area contributed by atoms with E-state index in [-0.39, 0.29) is 0 Å². The molecule has 0 radical (unpaired) electrons. The second-order valence-electron chi connectivity index (χ2n) is 4.54. The Morgan fingerprint density at radius 3 is 2.67 bits per heavy atom. The summed E-state index contributed by atoms with van der Waals surface area (Å²) in [6.45, 7) is 6.56. The van der Waals surface area contributed by atoms with E-state index in [1.54, 1.807) is 25.6 Å². The Hall–Kier alpha value is -0.490. The number of thiazole rings is 1. The Labute approximate surface area is 114 Å². The van der Waals surface area contributed by atoms with Gasteiger partial charge in [-0.2, -0.15) is 0 Å². The zero-order valence-electron chi connectivity index (χ0n) is 11.8. The smallest absolute Gasteiger partial charge is 0.0933 e. The van der Waals surface area contributed by atoms with Gasteiger partial charge in [0.1, 0.15) is 0 Å². The van der Waals surface area contributed by atoms with Crippen LogP contribution in [0.2, 0.25) is 0 Å². The highest BCUT2D eigenvalue weighted by atomic mass is 32.1. The second-order valence-corrected chi connectivity index (χ2v) is 5.71. The molecule has 1 N–H and O–H groups in total. The SMILES string of the molecule is COCCCc1nc(COC)c(CNC(C)C)s1. The lowest BCUT2D eigenvalue weighted by molar-refractivity contribution is 0.181. The van der Waals surface area contributed by atoms with E-state index in [9.17, 15) is 0 Å². The molecule has 5 heteroatoms. The molecule has 1 aromatic rings. The molecular weight excluding hydrogens is 248 g/mol. The lowest BCUT2D eigenvalue weighted by Gasteiger charge is -2.07. The molecule has 0 amide bonds. The molecule has 1 rings (SSSR count). The van der Waals surface area contributed by atoms with Crippen molar-refractivity contribution in [2.24, 2.45) is 0 Å². The van der Waals surface area contributed by atoms with Crippen LogP contribution in [0.3, 0.4) is 0 Å². The summed E-state index contributed by atoms with van der Waals surface area (Å²) < 4.78 is 10.3. The first kappa shape index (κ1) is 15.6. The number of aromatic nitrogens is 1. The molecule has 0 bridgehead atoms. The largest absolute Gasteiger partial charge is 0.385 e. The van der Waals surface area contributed by atoms with Crippen molar-refractivity contribution in [2.45, 2.75) is 45.9 Å². The Bertz CT molecular complexity index is 340. The fourth-order valence-corrected chi connectivity index (χ4v) is 2.66. The third-order valence-corrected chi connectivity index (χ3v) is 3.67. The number of nitrogens with one attached hydrogen (secondary N) is 1. The van der Waals surface area contributed by atoms with Crippen LogP contribution in [-0.4, -0.2) is 31.9 Å². The number of aryl methyl sites for hydroxylation is 1. The maximum absolute atomic E-state index is 5.21. The van der Waals surface area contributed by atoms with Crippen molar-refractivity contribution in [1.29, 1.82) is 0 Å². The van der Waals surface area contributed by atoms with Gasteiger partial charge in [0.05, 0.1) is 17.3 Å². The molecule has 0 saturated heterocycles. The summed E-state index contributed by atoms with van der Waals surface area (Å²) in [6.07, 6.45) is 2.00. The van der Waals surface area contributed by atoms with Crippen LogP contribution in [-0.2, 0) is 29.0 Å². The Balaban J connectivity index is 2.61. The first-order chi connectivity index (χ1) is 8.67. The Morgan fingerprint density at radius 2 is 2.06 bits per heavy atom. The standard InChI is InChI=1S/C13H24N2O2S/c1-10(2)14-8-12-11(9-17-4)15-13(18-12)6-5-7-16-3/h10,14H,5-9H2,1-4H3. The van der Waals surface area contributed by atoms with Crippen LogP contribution in [0.5, 0.6) is 0 Å². The first-order valence-corrected chi connectivity index (χ1v) is 7.17. The molecule has 0 atom stereocenters. The molecule has 0 aliphatic heterocycles. The summed E-state index contributed by atoms with van der Waals surface area (Å²) in [5, 5.41) is 4.61. The van der Waals surface area contributed by atoms with Crippen LogP contribution in [0, 0.1) is 0 Å². The zero-order chi connectivity index (χ0) is 13.4. The van der Waals surface area contributed by atoms with Crippen molar-refractivity contribution in [2.75, 3.05) is 20.8 Å². The van der Waals surface area contributed by atoms with Crippen molar-refractivity contribution in [3.05, 3.63) is 15.6 Å².